The highest BCUT2D eigenvalue weighted by atomic mass is 32.1. The molecular weight excluding hydrogens is 310 g/mol. The van der Waals surface area contributed by atoms with Crippen LogP contribution in [0.5, 0.6) is 0 Å². The molecule has 1 aromatic heterocycles. The van der Waals surface area contributed by atoms with Gasteiger partial charge in [-0.3, -0.25) is 4.79 Å². The van der Waals surface area contributed by atoms with Gasteiger partial charge in [-0.25, -0.2) is 0 Å². The highest BCUT2D eigenvalue weighted by molar-refractivity contribution is 7.09. The number of ether oxygens (including phenoxy) is 2. The lowest BCUT2D eigenvalue weighted by atomic mass is 10.1. The van der Waals surface area contributed by atoms with E-state index in [0.717, 1.165) is 16.1 Å². The lowest BCUT2D eigenvalue weighted by Crippen LogP contribution is -2.45. The lowest BCUT2D eigenvalue weighted by molar-refractivity contribution is -0.144. The van der Waals surface area contributed by atoms with Crippen molar-refractivity contribution < 1.29 is 14.3 Å². The Bertz CT molecular complexity index is 699. The molecule has 0 aliphatic carbocycles. The molecule has 3 rings (SSSR count). The van der Waals surface area contributed by atoms with Crippen LogP contribution in [0.1, 0.15) is 10.4 Å². The number of amides is 1. The average Bonchev–Trinajstić information content (AvgIpc) is 3.13. The van der Waals surface area contributed by atoms with Gasteiger partial charge in [0.2, 0.25) is 0 Å². The van der Waals surface area contributed by atoms with Gasteiger partial charge in [0.05, 0.1) is 26.4 Å². The smallest absolute Gasteiger partial charge is 0.258 e. The van der Waals surface area contributed by atoms with Crippen LogP contribution in [0.3, 0.4) is 0 Å². The predicted molar refractivity (Wildman–Crippen MR) is 90.4 cm³/mol. The van der Waals surface area contributed by atoms with Crippen LogP contribution in [-0.4, -0.2) is 31.8 Å². The number of rotatable bonds is 4. The monoisotopic (exact) mass is 327 g/mol. The molecule has 1 atom stereocenters. The fourth-order valence-electron chi connectivity index (χ4n) is 2.42. The third kappa shape index (κ3) is 3.80. The van der Waals surface area contributed by atoms with Crippen LogP contribution in [0, 0.1) is 12.3 Å². The normalized spacial score (nSPS) is 17.4. The zero-order valence-corrected chi connectivity index (χ0v) is 13.4. The first-order valence-electron chi connectivity index (χ1n) is 7.37. The second kappa shape index (κ2) is 7.42. The maximum atomic E-state index is 12.9. The summed E-state index contributed by atoms with van der Waals surface area (Å²) in [5.74, 6) is 2.50. The zero-order valence-electron chi connectivity index (χ0n) is 12.6. The summed E-state index contributed by atoms with van der Waals surface area (Å²) in [6.45, 7) is 1.74. The minimum absolute atomic E-state index is 0.104. The largest absolute Gasteiger partial charge is 0.376 e. The molecule has 1 fully saturated rings. The van der Waals surface area contributed by atoms with Gasteiger partial charge in [-0.1, -0.05) is 18.1 Å². The topological polar surface area (TPSA) is 38.8 Å². The highest BCUT2D eigenvalue weighted by Gasteiger charge is 2.29. The predicted octanol–water partition coefficient (Wildman–Crippen LogP) is 2.68. The molecule has 4 nitrogen and oxygen atoms in total. The Balaban J connectivity index is 1.89. The minimum Gasteiger partial charge on any atom is -0.376 e. The SMILES string of the molecule is C#Cc1cccc(N(Cc2cccs2)C(=O)C2COCCO2)c1. The Kier molecular flexibility index (Phi) is 5.09. The van der Waals surface area contributed by atoms with E-state index in [2.05, 4.69) is 5.92 Å². The maximum absolute atomic E-state index is 12.9. The zero-order chi connectivity index (χ0) is 16.1. The first-order valence-corrected chi connectivity index (χ1v) is 8.25. The van der Waals surface area contributed by atoms with Crippen LogP contribution in [0.2, 0.25) is 0 Å². The van der Waals surface area contributed by atoms with E-state index in [1.165, 1.54) is 0 Å². The van der Waals surface area contributed by atoms with E-state index in [4.69, 9.17) is 15.9 Å². The number of terminal acetylenes is 1. The fourth-order valence-corrected chi connectivity index (χ4v) is 3.12. The maximum Gasteiger partial charge on any atom is 0.258 e. The second-order valence-corrected chi connectivity index (χ2v) is 6.17. The molecule has 5 heteroatoms. The van der Waals surface area contributed by atoms with Crippen LogP contribution in [0.15, 0.2) is 41.8 Å². The van der Waals surface area contributed by atoms with E-state index in [1.807, 2.05) is 41.8 Å². The Morgan fingerprint density at radius 1 is 1.35 bits per heavy atom. The summed E-state index contributed by atoms with van der Waals surface area (Å²) < 4.78 is 10.9. The summed E-state index contributed by atoms with van der Waals surface area (Å²) in [5.41, 5.74) is 1.51. The van der Waals surface area contributed by atoms with Crippen molar-refractivity contribution in [2.45, 2.75) is 12.6 Å². The van der Waals surface area contributed by atoms with Crippen LogP contribution in [0.4, 0.5) is 5.69 Å². The van der Waals surface area contributed by atoms with Gasteiger partial charge in [0.25, 0.3) is 5.91 Å². The van der Waals surface area contributed by atoms with E-state index >= 15 is 0 Å². The van der Waals surface area contributed by atoms with Crippen molar-refractivity contribution in [1.82, 2.24) is 0 Å². The molecule has 118 valence electrons. The number of nitrogens with zero attached hydrogens (tertiary/aromatic N) is 1. The molecule has 0 N–H and O–H groups in total. The third-order valence-electron chi connectivity index (χ3n) is 3.58. The minimum atomic E-state index is -0.571. The summed E-state index contributed by atoms with van der Waals surface area (Å²) in [4.78, 5) is 15.7. The number of carbonyl (C=O) groups is 1. The molecule has 1 aliphatic heterocycles. The van der Waals surface area contributed by atoms with Gasteiger partial charge in [-0.05, 0) is 29.6 Å². The molecular formula is C18H17NO3S. The summed E-state index contributed by atoms with van der Waals surface area (Å²) >= 11 is 1.61. The highest BCUT2D eigenvalue weighted by Crippen LogP contribution is 2.23. The quantitative estimate of drug-likeness (QED) is 0.811. The first-order chi connectivity index (χ1) is 11.3. The van der Waals surface area contributed by atoms with Crippen molar-refractivity contribution in [2.75, 3.05) is 24.7 Å². The van der Waals surface area contributed by atoms with Gasteiger partial charge in [0.1, 0.15) is 0 Å². The van der Waals surface area contributed by atoms with Gasteiger partial charge >= 0.3 is 0 Å². The molecule has 0 radical (unpaired) electrons. The van der Waals surface area contributed by atoms with Crippen LogP contribution < -0.4 is 4.90 Å². The van der Waals surface area contributed by atoms with Gasteiger partial charge < -0.3 is 14.4 Å². The van der Waals surface area contributed by atoms with Crippen LogP contribution in [-0.2, 0) is 20.8 Å². The van der Waals surface area contributed by atoms with Crippen LogP contribution in [0.25, 0.3) is 0 Å². The fraction of sp³-hybridized carbons (Fsp3) is 0.278. The van der Waals surface area contributed by atoms with E-state index in [-0.39, 0.29) is 12.5 Å². The van der Waals surface area contributed by atoms with Gasteiger partial charge in [-0.2, -0.15) is 0 Å². The molecule has 23 heavy (non-hydrogen) atoms. The van der Waals surface area contributed by atoms with Crippen molar-refractivity contribution in [3.8, 4) is 12.3 Å². The average molecular weight is 327 g/mol. The van der Waals surface area contributed by atoms with Crippen molar-refractivity contribution in [3.63, 3.8) is 0 Å². The Morgan fingerprint density at radius 3 is 2.96 bits per heavy atom. The van der Waals surface area contributed by atoms with Crippen molar-refractivity contribution in [2.24, 2.45) is 0 Å². The van der Waals surface area contributed by atoms with Crippen molar-refractivity contribution >= 4 is 22.9 Å². The van der Waals surface area contributed by atoms with Crippen LogP contribution >= 0.6 is 11.3 Å². The molecule has 0 bridgehead atoms. The number of carbonyl (C=O) groups excluding carboxylic acids is 1. The van der Waals surface area contributed by atoms with E-state index in [9.17, 15) is 4.79 Å². The molecule has 1 saturated heterocycles. The summed E-state index contributed by atoms with van der Waals surface area (Å²) in [6.07, 6.45) is 4.91. The van der Waals surface area contributed by atoms with E-state index in [1.54, 1.807) is 16.2 Å². The van der Waals surface area contributed by atoms with Gasteiger partial charge in [-0.15, -0.1) is 17.8 Å². The number of hydrogen-bond donors (Lipinski definition) is 0. The Labute approximate surface area is 139 Å². The Morgan fingerprint density at radius 2 is 2.26 bits per heavy atom. The molecule has 1 unspecified atom stereocenters. The van der Waals surface area contributed by atoms with Crippen molar-refractivity contribution in [1.29, 1.82) is 0 Å². The molecule has 0 spiro atoms. The van der Waals surface area contributed by atoms with Crippen molar-refractivity contribution in [3.05, 3.63) is 52.2 Å². The molecule has 1 amide bonds. The summed E-state index contributed by atoms with van der Waals surface area (Å²) in [6, 6.07) is 11.4. The number of hydrogen-bond acceptors (Lipinski definition) is 4. The molecule has 2 heterocycles. The third-order valence-corrected chi connectivity index (χ3v) is 4.44. The Hall–Kier alpha value is -2.13. The number of thiophene rings is 1. The first kappa shape index (κ1) is 15.8. The molecule has 0 saturated carbocycles. The molecule has 1 aliphatic rings. The molecule has 1 aromatic carbocycles. The van der Waals surface area contributed by atoms with E-state index < -0.39 is 6.10 Å². The lowest BCUT2D eigenvalue weighted by Gasteiger charge is -2.29. The van der Waals surface area contributed by atoms with E-state index in [0.29, 0.717) is 19.8 Å². The van der Waals surface area contributed by atoms with Gasteiger partial charge in [0, 0.05) is 16.1 Å². The van der Waals surface area contributed by atoms with Gasteiger partial charge in [0.15, 0.2) is 6.10 Å². The number of benzene rings is 1. The summed E-state index contributed by atoms with van der Waals surface area (Å²) in [5, 5.41) is 2.00. The standard InChI is InChI=1S/C18H17NO3S/c1-2-14-5-3-6-15(11-14)19(12-16-7-4-10-23-16)18(20)17-13-21-8-9-22-17/h1,3-7,10-11,17H,8-9,12-13H2. The number of anilines is 1. The summed E-state index contributed by atoms with van der Waals surface area (Å²) in [7, 11) is 0. The second-order valence-electron chi connectivity index (χ2n) is 5.13. The molecule has 2 aromatic rings.